The Labute approximate surface area is 137 Å². The van der Waals surface area contributed by atoms with E-state index in [1.165, 1.54) is 6.07 Å². The highest BCUT2D eigenvalue weighted by molar-refractivity contribution is 9.10. The number of benzene rings is 1. The zero-order valence-corrected chi connectivity index (χ0v) is 14.7. The average molecular weight is 390 g/mol. The molecule has 1 fully saturated rings. The number of nitrogens with zero attached hydrogens (tertiary/aromatic N) is 1. The molecular weight excluding hydrogens is 373 g/mol. The molecule has 1 aromatic carbocycles. The van der Waals surface area contributed by atoms with E-state index in [4.69, 9.17) is 0 Å². The lowest BCUT2D eigenvalue weighted by atomic mass is 9.77. The van der Waals surface area contributed by atoms with E-state index in [2.05, 4.69) is 20.9 Å². The summed E-state index contributed by atoms with van der Waals surface area (Å²) in [6, 6.07) is 4.45. The summed E-state index contributed by atoms with van der Waals surface area (Å²) in [6.07, 6.45) is -0.240. The van der Waals surface area contributed by atoms with Crippen molar-refractivity contribution in [2.24, 2.45) is 4.99 Å². The Kier molecular flexibility index (Phi) is 3.55. The molecular formula is C15H17BrFNO3S. The molecule has 2 aliphatic rings. The molecule has 4 nitrogen and oxygen atoms in total. The van der Waals surface area contributed by atoms with Crippen LogP contribution in [0.15, 0.2) is 27.7 Å². The molecule has 0 radical (unpaired) electrons. The summed E-state index contributed by atoms with van der Waals surface area (Å²) in [4.78, 5) is 4.56. The smallest absolute Gasteiger partial charge is 0.164 e. The number of hydrogen-bond donors (Lipinski definition) is 1. The minimum Gasteiger partial charge on any atom is -0.393 e. The van der Waals surface area contributed by atoms with Crippen LogP contribution in [-0.4, -0.2) is 35.8 Å². The summed E-state index contributed by atoms with van der Waals surface area (Å²) >= 11 is 3.29. The van der Waals surface area contributed by atoms with Crippen LogP contribution in [0.5, 0.6) is 0 Å². The second-order valence-electron chi connectivity index (χ2n) is 6.41. The standard InChI is InChI=1S/C15H17BrFNO3S/c1-9-15(6-11(19)7-15)22(20,21)8-14(2,18-9)12-5-10(16)3-4-13(12)17/h3-5,11,19H,6-8H2,1-2H3/t11-,14-,15-/m0/s1. The Morgan fingerprint density at radius 3 is 2.59 bits per heavy atom. The maximum atomic E-state index is 14.2. The van der Waals surface area contributed by atoms with E-state index in [1.807, 2.05) is 0 Å². The zero-order valence-electron chi connectivity index (χ0n) is 12.3. The summed E-state index contributed by atoms with van der Waals surface area (Å²) in [5, 5.41) is 9.56. The molecule has 1 spiro atoms. The third-order valence-electron chi connectivity index (χ3n) is 4.78. The van der Waals surface area contributed by atoms with Crippen molar-refractivity contribution in [2.75, 3.05) is 5.75 Å². The SMILES string of the molecule is CC1=N[C@](C)(c2cc(Br)ccc2F)CS(=O)(=O)[C@]12C[C@H](O)C2. The number of aliphatic hydroxyl groups excluding tert-OH is 1. The predicted octanol–water partition coefficient (Wildman–Crippen LogP) is 2.59. The van der Waals surface area contributed by atoms with Crippen molar-refractivity contribution in [3.05, 3.63) is 34.1 Å². The van der Waals surface area contributed by atoms with E-state index in [1.54, 1.807) is 26.0 Å². The number of rotatable bonds is 1. The van der Waals surface area contributed by atoms with Crippen molar-refractivity contribution in [1.82, 2.24) is 0 Å². The summed E-state index contributed by atoms with van der Waals surface area (Å²) in [6.45, 7) is 3.30. The predicted molar refractivity (Wildman–Crippen MR) is 86.3 cm³/mol. The molecule has 0 unspecified atom stereocenters. The van der Waals surface area contributed by atoms with E-state index in [0.717, 1.165) is 0 Å². The maximum Gasteiger partial charge on any atom is 0.164 e. The third kappa shape index (κ3) is 2.17. The van der Waals surface area contributed by atoms with Crippen molar-refractivity contribution in [2.45, 2.75) is 43.1 Å². The number of halogens is 2. The molecule has 0 amide bonds. The van der Waals surface area contributed by atoms with Gasteiger partial charge in [0.1, 0.15) is 10.6 Å². The van der Waals surface area contributed by atoms with Crippen LogP contribution in [0, 0.1) is 5.82 Å². The monoisotopic (exact) mass is 389 g/mol. The fourth-order valence-corrected chi connectivity index (χ4v) is 6.52. The van der Waals surface area contributed by atoms with Gasteiger partial charge in [-0.3, -0.25) is 4.99 Å². The fourth-order valence-electron chi connectivity index (χ4n) is 3.54. The van der Waals surface area contributed by atoms with Crippen molar-refractivity contribution in [1.29, 1.82) is 0 Å². The van der Waals surface area contributed by atoms with Gasteiger partial charge in [0.15, 0.2) is 9.84 Å². The molecule has 22 heavy (non-hydrogen) atoms. The minimum atomic E-state index is -3.53. The molecule has 1 aliphatic heterocycles. The van der Waals surface area contributed by atoms with E-state index in [9.17, 15) is 17.9 Å². The lowest BCUT2D eigenvalue weighted by Gasteiger charge is -2.49. The van der Waals surface area contributed by atoms with Crippen LogP contribution >= 0.6 is 15.9 Å². The first kappa shape index (κ1) is 16.1. The molecule has 0 saturated heterocycles. The maximum absolute atomic E-state index is 14.2. The van der Waals surface area contributed by atoms with Crippen LogP contribution < -0.4 is 0 Å². The highest BCUT2D eigenvalue weighted by Gasteiger charge is 2.60. The summed E-state index contributed by atoms with van der Waals surface area (Å²) < 4.78 is 39.4. The molecule has 120 valence electrons. The highest BCUT2D eigenvalue weighted by atomic mass is 79.9. The van der Waals surface area contributed by atoms with Gasteiger partial charge < -0.3 is 5.11 Å². The summed E-state index contributed by atoms with van der Waals surface area (Å²) in [7, 11) is -3.53. The quantitative estimate of drug-likeness (QED) is 0.802. The van der Waals surface area contributed by atoms with Crippen molar-refractivity contribution >= 4 is 31.5 Å². The second kappa shape index (κ2) is 4.85. The van der Waals surface area contributed by atoms with Gasteiger partial charge >= 0.3 is 0 Å². The zero-order chi connectivity index (χ0) is 16.3. The first-order chi connectivity index (χ1) is 10.1. The fraction of sp³-hybridized carbons (Fsp3) is 0.533. The Hall–Kier alpha value is -0.790. The van der Waals surface area contributed by atoms with Gasteiger partial charge in [0.2, 0.25) is 0 Å². The van der Waals surface area contributed by atoms with Crippen LogP contribution in [0.2, 0.25) is 0 Å². The van der Waals surface area contributed by atoms with Gasteiger partial charge in [-0.2, -0.15) is 0 Å². The van der Waals surface area contributed by atoms with Crippen LogP contribution in [-0.2, 0) is 15.4 Å². The number of aliphatic imine (C=N–C) groups is 1. The van der Waals surface area contributed by atoms with Gasteiger partial charge in [0.25, 0.3) is 0 Å². The number of aliphatic hydroxyl groups is 1. The average Bonchev–Trinajstić information content (AvgIpc) is 2.35. The van der Waals surface area contributed by atoms with Gasteiger partial charge in [-0.15, -0.1) is 0 Å². The van der Waals surface area contributed by atoms with Crippen molar-refractivity contribution in [3.63, 3.8) is 0 Å². The normalized spacial score (nSPS) is 36.8. The Balaban J connectivity index is 2.14. The molecule has 7 heteroatoms. The van der Waals surface area contributed by atoms with E-state index >= 15 is 0 Å². The highest BCUT2D eigenvalue weighted by Crippen LogP contribution is 2.48. The van der Waals surface area contributed by atoms with E-state index in [-0.39, 0.29) is 24.2 Å². The number of hydrogen-bond acceptors (Lipinski definition) is 4. The Bertz CT molecular complexity index is 771. The second-order valence-corrected chi connectivity index (χ2v) is 9.63. The minimum absolute atomic E-state index is 0.182. The number of sulfone groups is 1. The molecule has 1 heterocycles. The van der Waals surface area contributed by atoms with Crippen LogP contribution in [0.4, 0.5) is 4.39 Å². The lowest BCUT2D eigenvalue weighted by Crippen LogP contribution is -2.62. The third-order valence-corrected chi connectivity index (χ3v) is 8.03. The van der Waals surface area contributed by atoms with Gasteiger partial charge in [0, 0.05) is 15.7 Å². The first-order valence-corrected chi connectivity index (χ1v) is 9.47. The molecule has 1 atom stereocenters. The van der Waals surface area contributed by atoms with Crippen LogP contribution in [0.25, 0.3) is 0 Å². The van der Waals surface area contributed by atoms with Gasteiger partial charge in [-0.1, -0.05) is 15.9 Å². The van der Waals surface area contributed by atoms with E-state index in [0.29, 0.717) is 10.2 Å². The van der Waals surface area contributed by atoms with E-state index < -0.39 is 32.0 Å². The van der Waals surface area contributed by atoms with Gasteiger partial charge in [-0.05, 0) is 44.9 Å². The van der Waals surface area contributed by atoms with Crippen molar-refractivity contribution < 1.29 is 17.9 Å². The Morgan fingerprint density at radius 1 is 1.41 bits per heavy atom. The first-order valence-electron chi connectivity index (χ1n) is 7.02. The molecule has 1 aliphatic carbocycles. The summed E-state index contributed by atoms with van der Waals surface area (Å²) in [5.74, 6) is -0.723. The molecule has 1 N–H and O–H groups in total. The lowest BCUT2D eigenvalue weighted by molar-refractivity contribution is 0.0787. The van der Waals surface area contributed by atoms with Gasteiger partial charge in [0.05, 0.1) is 17.4 Å². The molecule has 0 aromatic heterocycles. The molecule has 1 saturated carbocycles. The van der Waals surface area contributed by atoms with Crippen LogP contribution in [0.1, 0.15) is 32.3 Å². The molecule has 1 aromatic rings. The topological polar surface area (TPSA) is 66.7 Å². The molecule has 0 bridgehead atoms. The Morgan fingerprint density at radius 2 is 2.05 bits per heavy atom. The van der Waals surface area contributed by atoms with Gasteiger partial charge in [-0.25, -0.2) is 12.8 Å². The van der Waals surface area contributed by atoms with Crippen LogP contribution in [0.3, 0.4) is 0 Å². The summed E-state index contributed by atoms with van der Waals surface area (Å²) in [5.41, 5.74) is -0.423. The molecule has 3 rings (SSSR count). The largest absolute Gasteiger partial charge is 0.393 e. The van der Waals surface area contributed by atoms with Crippen molar-refractivity contribution in [3.8, 4) is 0 Å².